The zero-order valence-corrected chi connectivity index (χ0v) is 15.1. The zero-order valence-electron chi connectivity index (χ0n) is 15.1. The molecule has 0 unspecified atom stereocenters. The van der Waals surface area contributed by atoms with Gasteiger partial charge in [-0.05, 0) is 56.8 Å². The van der Waals surface area contributed by atoms with Crippen molar-refractivity contribution in [1.29, 1.82) is 0 Å². The van der Waals surface area contributed by atoms with Crippen LogP contribution in [0.2, 0.25) is 0 Å². The van der Waals surface area contributed by atoms with Gasteiger partial charge in [0.2, 0.25) is 0 Å². The third kappa shape index (κ3) is 6.96. The van der Waals surface area contributed by atoms with Gasteiger partial charge in [-0.3, -0.25) is 14.4 Å². The number of amides is 1. The summed E-state index contributed by atoms with van der Waals surface area (Å²) in [5.41, 5.74) is 1.05. The predicted octanol–water partition coefficient (Wildman–Crippen LogP) is 2.63. The lowest BCUT2D eigenvalue weighted by Crippen LogP contribution is -2.36. The second-order valence-corrected chi connectivity index (χ2v) is 6.86. The molecule has 1 aromatic rings. The molecule has 0 aromatic heterocycles. The van der Waals surface area contributed by atoms with Crippen LogP contribution in [0.1, 0.15) is 65.7 Å². The standard InChI is InChI=1S/C20H28N2O4/c23-18(7-2-1-3-8-19(24)25)16-5-4-6-17(13-16)20(26)22-14-15-9-11-21-12-10-15/h4-6,13,15,21H,1-3,7-12,14H2,(H,22,26)(H,24,25). The number of unbranched alkanes of at least 4 members (excludes halogenated alkanes) is 2. The first kappa shape index (κ1) is 20.1. The Bertz CT molecular complexity index is 624. The van der Waals surface area contributed by atoms with Crippen molar-refractivity contribution in [2.75, 3.05) is 19.6 Å². The quantitative estimate of drug-likeness (QED) is 0.440. The number of rotatable bonds is 10. The van der Waals surface area contributed by atoms with Gasteiger partial charge in [0.15, 0.2) is 5.78 Å². The number of nitrogens with one attached hydrogen (secondary N) is 2. The Morgan fingerprint density at radius 3 is 2.46 bits per heavy atom. The fourth-order valence-corrected chi connectivity index (χ4v) is 3.14. The first-order chi connectivity index (χ1) is 12.6. The molecule has 1 fully saturated rings. The summed E-state index contributed by atoms with van der Waals surface area (Å²) < 4.78 is 0. The minimum Gasteiger partial charge on any atom is -0.481 e. The van der Waals surface area contributed by atoms with Crippen molar-refractivity contribution in [3.8, 4) is 0 Å². The van der Waals surface area contributed by atoms with Gasteiger partial charge in [-0.25, -0.2) is 0 Å². The van der Waals surface area contributed by atoms with Crippen molar-refractivity contribution in [2.45, 2.75) is 44.9 Å². The van der Waals surface area contributed by atoms with Crippen LogP contribution in [-0.2, 0) is 4.79 Å². The molecule has 1 amide bonds. The van der Waals surface area contributed by atoms with Crippen molar-refractivity contribution in [1.82, 2.24) is 10.6 Å². The number of benzene rings is 1. The highest BCUT2D eigenvalue weighted by molar-refractivity contribution is 6.00. The minimum absolute atomic E-state index is 0.00618. The van der Waals surface area contributed by atoms with E-state index in [1.165, 1.54) is 0 Å². The van der Waals surface area contributed by atoms with E-state index in [1.807, 2.05) is 0 Å². The van der Waals surface area contributed by atoms with E-state index in [4.69, 9.17) is 5.11 Å². The van der Waals surface area contributed by atoms with Crippen LogP contribution in [0.3, 0.4) is 0 Å². The average Bonchev–Trinajstić information content (AvgIpc) is 2.66. The summed E-state index contributed by atoms with van der Waals surface area (Å²) in [5.74, 6) is -0.441. The lowest BCUT2D eigenvalue weighted by Gasteiger charge is -2.22. The molecule has 0 spiro atoms. The highest BCUT2D eigenvalue weighted by Gasteiger charge is 2.15. The number of Topliss-reactive ketones (excluding diaryl/α,β-unsaturated/α-hetero) is 1. The van der Waals surface area contributed by atoms with Gasteiger partial charge >= 0.3 is 5.97 Å². The maximum atomic E-state index is 12.3. The van der Waals surface area contributed by atoms with Crippen LogP contribution in [0.15, 0.2) is 24.3 Å². The largest absolute Gasteiger partial charge is 0.481 e. The molecule has 1 heterocycles. The molecule has 0 atom stereocenters. The maximum Gasteiger partial charge on any atom is 0.303 e. The van der Waals surface area contributed by atoms with Crippen LogP contribution in [0.25, 0.3) is 0 Å². The number of aliphatic carboxylic acids is 1. The van der Waals surface area contributed by atoms with Crippen LogP contribution in [-0.4, -0.2) is 42.4 Å². The molecule has 0 radical (unpaired) electrons. The van der Waals surface area contributed by atoms with Gasteiger partial charge in [0.1, 0.15) is 0 Å². The van der Waals surface area contributed by atoms with Crippen LogP contribution in [0.5, 0.6) is 0 Å². The highest BCUT2D eigenvalue weighted by atomic mass is 16.4. The first-order valence-corrected chi connectivity index (χ1v) is 9.40. The number of carbonyl (C=O) groups excluding carboxylic acids is 2. The highest BCUT2D eigenvalue weighted by Crippen LogP contribution is 2.13. The van der Waals surface area contributed by atoms with E-state index in [2.05, 4.69) is 10.6 Å². The molecule has 1 aliphatic heterocycles. The Balaban J connectivity index is 1.79. The van der Waals surface area contributed by atoms with Gasteiger partial charge in [-0.15, -0.1) is 0 Å². The lowest BCUT2D eigenvalue weighted by atomic mass is 9.98. The summed E-state index contributed by atoms with van der Waals surface area (Å²) >= 11 is 0. The molecule has 0 aliphatic carbocycles. The fourth-order valence-electron chi connectivity index (χ4n) is 3.14. The molecular weight excluding hydrogens is 332 g/mol. The second kappa shape index (κ2) is 10.7. The lowest BCUT2D eigenvalue weighted by molar-refractivity contribution is -0.137. The summed E-state index contributed by atoms with van der Waals surface area (Å²) in [7, 11) is 0. The Morgan fingerprint density at radius 1 is 1.04 bits per heavy atom. The molecular formula is C20H28N2O4. The number of carbonyl (C=O) groups is 3. The summed E-state index contributed by atoms with van der Waals surface area (Å²) in [6.45, 7) is 2.66. The molecule has 3 N–H and O–H groups in total. The number of piperidine rings is 1. The molecule has 1 aliphatic rings. The van der Waals surface area contributed by atoms with E-state index in [1.54, 1.807) is 24.3 Å². The molecule has 1 saturated heterocycles. The number of carboxylic acids is 1. The van der Waals surface area contributed by atoms with Crippen LogP contribution < -0.4 is 10.6 Å². The van der Waals surface area contributed by atoms with Crippen LogP contribution >= 0.6 is 0 Å². The summed E-state index contributed by atoms with van der Waals surface area (Å²) in [6, 6.07) is 6.83. The Hall–Kier alpha value is -2.21. The van der Waals surface area contributed by atoms with E-state index in [0.717, 1.165) is 25.9 Å². The minimum atomic E-state index is -0.806. The van der Waals surface area contributed by atoms with Gasteiger partial charge in [0.25, 0.3) is 5.91 Å². The molecule has 2 rings (SSSR count). The van der Waals surface area contributed by atoms with E-state index in [9.17, 15) is 14.4 Å². The molecule has 26 heavy (non-hydrogen) atoms. The number of hydrogen-bond acceptors (Lipinski definition) is 4. The van der Waals surface area contributed by atoms with Crippen molar-refractivity contribution < 1.29 is 19.5 Å². The topological polar surface area (TPSA) is 95.5 Å². The molecule has 142 valence electrons. The van der Waals surface area contributed by atoms with E-state index in [0.29, 0.717) is 49.3 Å². The third-order valence-electron chi connectivity index (χ3n) is 4.75. The van der Waals surface area contributed by atoms with Crippen molar-refractivity contribution in [3.05, 3.63) is 35.4 Å². The predicted molar refractivity (Wildman–Crippen MR) is 99.4 cm³/mol. The average molecular weight is 360 g/mol. The number of carboxylic acid groups (broad SMARTS) is 1. The van der Waals surface area contributed by atoms with E-state index in [-0.39, 0.29) is 18.1 Å². The van der Waals surface area contributed by atoms with Gasteiger partial charge in [0.05, 0.1) is 0 Å². The van der Waals surface area contributed by atoms with Crippen molar-refractivity contribution in [2.24, 2.45) is 5.92 Å². The second-order valence-electron chi connectivity index (χ2n) is 6.86. The van der Waals surface area contributed by atoms with Gasteiger partial charge in [-0.2, -0.15) is 0 Å². The molecule has 6 nitrogen and oxygen atoms in total. The first-order valence-electron chi connectivity index (χ1n) is 9.40. The normalized spacial score (nSPS) is 14.8. The number of ketones is 1. The van der Waals surface area contributed by atoms with Crippen molar-refractivity contribution in [3.63, 3.8) is 0 Å². The van der Waals surface area contributed by atoms with E-state index < -0.39 is 5.97 Å². The monoisotopic (exact) mass is 360 g/mol. The molecule has 0 saturated carbocycles. The third-order valence-corrected chi connectivity index (χ3v) is 4.75. The fraction of sp³-hybridized carbons (Fsp3) is 0.550. The molecule has 0 bridgehead atoms. The van der Waals surface area contributed by atoms with E-state index >= 15 is 0 Å². The van der Waals surface area contributed by atoms with Crippen LogP contribution in [0.4, 0.5) is 0 Å². The Morgan fingerprint density at radius 2 is 1.73 bits per heavy atom. The molecule has 6 heteroatoms. The SMILES string of the molecule is O=C(O)CCCCCC(=O)c1cccc(C(=O)NCC2CCNCC2)c1. The summed E-state index contributed by atoms with van der Waals surface area (Å²) in [4.78, 5) is 35.1. The maximum absolute atomic E-state index is 12.3. The molecule has 1 aromatic carbocycles. The summed E-state index contributed by atoms with van der Waals surface area (Å²) in [5, 5.41) is 14.9. The Kier molecular flexibility index (Phi) is 8.28. The van der Waals surface area contributed by atoms with Gasteiger partial charge in [0, 0.05) is 30.5 Å². The zero-order chi connectivity index (χ0) is 18.8. The summed E-state index contributed by atoms with van der Waals surface area (Å²) in [6.07, 6.45) is 4.62. The number of hydrogen-bond donors (Lipinski definition) is 3. The smallest absolute Gasteiger partial charge is 0.303 e. The Labute approximate surface area is 154 Å². The van der Waals surface area contributed by atoms with Gasteiger partial charge in [-0.1, -0.05) is 18.6 Å². The van der Waals surface area contributed by atoms with Crippen molar-refractivity contribution >= 4 is 17.7 Å². The van der Waals surface area contributed by atoms with Gasteiger partial charge < -0.3 is 15.7 Å². The van der Waals surface area contributed by atoms with Crippen LogP contribution in [0, 0.1) is 5.92 Å².